The zero-order chi connectivity index (χ0) is 29.9. The highest BCUT2D eigenvalue weighted by Crippen LogP contribution is 2.43. The van der Waals surface area contributed by atoms with Crippen molar-refractivity contribution in [3.8, 4) is 0 Å². The van der Waals surface area contributed by atoms with Crippen molar-refractivity contribution in [2.24, 2.45) is 16.1 Å². The number of nitroso groups, excluding NO2 is 1. The summed E-state index contributed by atoms with van der Waals surface area (Å²) in [4.78, 5) is 16.2. The molecule has 1 aromatic heterocycles. The molecule has 2 aromatic rings. The molecule has 3 rings (SSSR count). The van der Waals surface area contributed by atoms with Crippen LogP contribution >= 0.6 is 0 Å². The molecule has 1 saturated carbocycles. The van der Waals surface area contributed by atoms with Gasteiger partial charge in [0.2, 0.25) is 15.9 Å². The van der Waals surface area contributed by atoms with Gasteiger partial charge in [0.1, 0.15) is 0 Å². The topological polar surface area (TPSA) is 161 Å². The lowest BCUT2D eigenvalue weighted by Crippen LogP contribution is -2.48. The van der Waals surface area contributed by atoms with Crippen LogP contribution in [0.1, 0.15) is 78.0 Å². The van der Waals surface area contributed by atoms with E-state index in [4.69, 9.17) is 20.5 Å². The van der Waals surface area contributed by atoms with Gasteiger partial charge in [-0.1, -0.05) is 40.7 Å². The minimum absolute atomic E-state index is 0.0206. The first-order valence-corrected chi connectivity index (χ1v) is 14.8. The third kappa shape index (κ3) is 7.85. The van der Waals surface area contributed by atoms with E-state index in [0.29, 0.717) is 24.5 Å². The van der Waals surface area contributed by atoms with E-state index in [-0.39, 0.29) is 45.0 Å². The molecule has 1 aliphatic rings. The number of hydrogen-bond acceptors (Lipinski definition) is 9. The molecule has 1 aliphatic carbocycles. The molecule has 0 amide bonds. The molecule has 0 saturated heterocycles. The van der Waals surface area contributed by atoms with Crippen LogP contribution in [-0.4, -0.2) is 44.8 Å². The average Bonchev–Trinajstić information content (AvgIpc) is 2.87. The van der Waals surface area contributed by atoms with Crippen LogP contribution < -0.4 is 15.0 Å². The van der Waals surface area contributed by atoms with Crippen LogP contribution in [0.2, 0.25) is 0 Å². The lowest BCUT2D eigenvalue weighted by Gasteiger charge is -2.42. The van der Waals surface area contributed by atoms with E-state index < -0.39 is 10.0 Å². The van der Waals surface area contributed by atoms with Crippen molar-refractivity contribution in [3.05, 3.63) is 52.6 Å². The molecule has 0 bridgehead atoms. The summed E-state index contributed by atoms with van der Waals surface area (Å²) in [6, 6.07) is 9.42. The first-order chi connectivity index (χ1) is 18.5. The van der Waals surface area contributed by atoms with E-state index in [9.17, 15) is 13.3 Å². The molecule has 4 N–H and O–H groups in total. The van der Waals surface area contributed by atoms with Gasteiger partial charge in [-0.05, 0) is 60.4 Å². The van der Waals surface area contributed by atoms with Gasteiger partial charge >= 0.3 is 0 Å². The Hall–Kier alpha value is -3.38. The van der Waals surface area contributed by atoms with Crippen molar-refractivity contribution in [1.29, 1.82) is 10.8 Å². The number of ether oxygens (including phenoxy) is 1. The van der Waals surface area contributed by atoms with Gasteiger partial charge in [-0.15, -0.1) is 4.91 Å². The number of hydrogen-bond donors (Lipinski definition) is 4. The predicted octanol–water partition coefficient (Wildman–Crippen LogP) is 5.64. The van der Waals surface area contributed by atoms with Crippen LogP contribution in [0.15, 0.2) is 46.6 Å². The van der Waals surface area contributed by atoms with Gasteiger partial charge in [0.25, 0.3) is 0 Å². The molecule has 11 nitrogen and oxygen atoms in total. The molecular weight excluding hydrogens is 530 g/mol. The Morgan fingerprint density at radius 1 is 1.23 bits per heavy atom. The maximum atomic E-state index is 13.5. The summed E-state index contributed by atoms with van der Waals surface area (Å²) in [7, 11) is -2.37. The standard InChI is InChI=1S/C28H41N7O4S/c1-18(29)39-25(30)20-9-8-10-21(15-20)40(37,38)33-24-16-19(13-14-28(24,5)6)22-11-12-23(31-17-27(2,3)4)26(32-22)35(7)34-36/h8-12,15,19,24,29-31,33H,13-14,16-17H2,1-7H3. The largest absolute Gasteiger partial charge is 0.426 e. The highest BCUT2D eigenvalue weighted by Gasteiger charge is 2.40. The number of nitrogens with one attached hydrogen (secondary N) is 4. The Morgan fingerprint density at radius 2 is 1.93 bits per heavy atom. The van der Waals surface area contributed by atoms with Crippen LogP contribution in [0, 0.1) is 26.6 Å². The van der Waals surface area contributed by atoms with Crippen molar-refractivity contribution in [3.63, 3.8) is 0 Å². The SMILES string of the molecule is CC(=N)OC(=N)c1cccc(S(=O)(=O)NC2CC(c3ccc(NCC(C)(C)C)c(N(C)N=O)n3)CCC2(C)C)c1. The van der Waals surface area contributed by atoms with Gasteiger partial charge in [0.15, 0.2) is 11.7 Å². The number of sulfonamides is 1. The first kappa shape index (κ1) is 31.2. The number of pyridine rings is 1. The summed E-state index contributed by atoms with van der Waals surface area (Å²) in [5, 5.41) is 23.1. The quantitative estimate of drug-likeness (QED) is 0.131. The lowest BCUT2D eigenvalue weighted by atomic mass is 9.69. The summed E-state index contributed by atoms with van der Waals surface area (Å²) in [6.07, 6.45) is 2.11. The fraction of sp³-hybridized carbons (Fsp3) is 0.536. The van der Waals surface area contributed by atoms with E-state index in [1.165, 1.54) is 24.1 Å². The summed E-state index contributed by atoms with van der Waals surface area (Å²) in [6.45, 7) is 12.5. The highest BCUT2D eigenvalue weighted by molar-refractivity contribution is 7.89. The molecule has 2 atom stereocenters. The van der Waals surface area contributed by atoms with Crippen LogP contribution in [-0.2, 0) is 14.8 Å². The number of anilines is 2. The van der Waals surface area contributed by atoms with Crippen LogP contribution in [0.4, 0.5) is 11.5 Å². The fourth-order valence-corrected chi connectivity index (χ4v) is 6.13. The van der Waals surface area contributed by atoms with Crippen LogP contribution in [0.25, 0.3) is 0 Å². The van der Waals surface area contributed by atoms with E-state index in [0.717, 1.165) is 18.5 Å². The Bertz CT molecular complexity index is 1370. The van der Waals surface area contributed by atoms with E-state index in [1.807, 2.05) is 26.0 Å². The third-order valence-electron chi connectivity index (χ3n) is 7.11. The second-order valence-electron chi connectivity index (χ2n) is 12.3. The van der Waals surface area contributed by atoms with Crippen molar-refractivity contribution >= 4 is 33.3 Å². The van der Waals surface area contributed by atoms with Crippen molar-refractivity contribution < 1.29 is 13.2 Å². The number of benzene rings is 1. The fourth-order valence-electron chi connectivity index (χ4n) is 4.66. The van der Waals surface area contributed by atoms with Crippen LogP contribution in [0.3, 0.4) is 0 Å². The zero-order valence-electron chi connectivity index (χ0n) is 24.3. The number of nitrogens with zero attached hydrogens (tertiary/aromatic N) is 3. The lowest BCUT2D eigenvalue weighted by molar-refractivity contribution is 0.170. The molecule has 1 heterocycles. The molecule has 40 heavy (non-hydrogen) atoms. The van der Waals surface area contributed by atoms with E-state index >= 15 is 0 Å². The average molecular weight is 572 g/mol. The summed E-state index contributed by atoms with van der Waals surface area (Å²) in [5.41, 5.74) is 1.46. The third-order valence-corrected chi connectivity index (χ3v) is 8.58. The van der Waals surface area contributed by atoms with Crippen LogP contribution in [0.5, 0.6) is 0 Å². The van der Waals surface area contributed by atoms with Crippen molar-refractivity contribution in [2.75, 3.05) is 23.9 Å². The highest BCUT2D eigenvalue weighted by atomic mass is 32.2. The van der Waals surface area contributed by atoms with Gasteiger partial charge in [0, 0.05) is 43.7 Å². The monoisotopic (exact) mass is 571 g/mol. The van der Waals surface area contributed by atoms with E-state index in [2.05, 4.69) is 36.1 Å². The first-order valence-electron chi connectivity index (χ1n) is 13.3. The van der Waals surface area contributed by atoms with Crippen molar-refractivity contribution in [2.45, 2.75) is 77.7 Å². The molecule has 0 aliphatic heterocycles. The second-order valence-corrected chi connectivity index (χ2v) is 14.0. The summed E-state index contributed by atoms with van der Waals surface area (Å²) in [5.74, 6) is -0.0454. The van der Waals surface area contributed by atoms with Gasteiger partial charge in [-0.3, -0.25) is 10.8 Å². The van der Waals surface area contributed by atoms with Crippen molar-refractivity contribution in [1.82, 2.24) is 9.71 Å². The van der Waals surface area contributed by atoms with Gasteiger partial charge < -0.3 is 10.1 Å². The number of rotatable bonds is 9. The molecule has 0 radical (unpaired) electrons. The smallest absolute Gasteiger partial charge is 0.240 e. The second kappa shape index (κ2) is 12.0. The molecule has 12 heteroatoms. The minimum Gasteiger partial charge on any atom is -0.426 e. The molecule has 218 valence electrons. The Labute approximate surface area is 237 Å². The molecule has 0 spiro atoms. The Morgan fingerprint density at radius 3 is 2.55 bits per heavy atom. The van der Waals surface area contributed by atoms with Gasteiger partial charge in [-0.25, -0.2) is 23.1 Å². The van der Waals surface area contributed by atoms with E-state index in [1.54, 1.807) is 19.2 Å². The predicted molar refractivity (Wildman–Crippen MR) is 159 cm³/mol. The number of aromatic nitrogens is 1. The Kier molecular flexibility index (Phi) is 9.35. The Balaban J connectivity index is 1.86. The molecule has 1 aromatic carbocycles. The normalized spacial score (nSPS) is 19.0. The van der Waals surface area contributed by atoms with Gasteiger partial charge in [-0.2, -0.15) is 0 Å². The minimum atomic E-state index is -3.93. The molecule has 2 unspecified atom stereocenters. The zero-order valence-corrected chi connectivity index (χ0v) is 25.1. The summed E-state index contributed by atoms with van der Waals surface area (Å²) >= 11 is 0. The maximum Gasteiger partial charge on any atom is 0.240 e. The van der Waals surface area contributed by atoms with Gasteiger partial charge in [0.05, 0.1) is 15.9 Å². The maximum absolute atomic E-state index is 13.5. The summed E-state index contributed by atoms with van der Waals surface area (Å²) < 4.78 is 34.9. The molecular formula is C28H41N7O4S. The molecule has 1 fully saturated rings.